The Morgan fingerprint density at radius 1 is 1.25 bits per heavy atom. The number of H-pyrrole nitrogens is 2. The van der Waals surface area contributed by atoms with Crippen LogP contribution < -0.4 is 4.74 Å². The number of carbonyl (C=O) groups excluding carboxylic acids is 1. The van der Waals surface area contributed by atoms with Crippen LogP contribution in [0.4, 0.5) is 13.2 Å². The van der Waals surface area contributed by atoms with Crippen molar-refractivity contribution in [2.24, 2.45) is 0 Å². The fraction of sp³-hybridized carbons (Fsp3) is 0.429. The highest BCUT2D eigenvalue weighted by Gasteiger charge is 2.33. The first kappa shape index (κ1) is 21.8. The molecule has 8 nitrogen and oxygen atoms in total. The minimum absolute atomic E-state index is 0.0733. The second-order valence-electron chi connectivity index (χ2n) is 7.93. The van der Waals surface area contributed by atoms with E-state index in [1.807, 2.05) is 6.92 Å². The van der Waals surface area contributed by atoms with Crippen molar-refractivity contribution in [1.29, 1.82) is 0 Å². The molecule has 2 heterocycles. The molecule has 1 saturated carbocycles. The van der Waals surface area contributed by atoms with Crippen molar-refractivity contribution in [3.8, 4) is 17.3 Å². The van der Waals surface area contributed by atoms with Crippen molar-refractivity contribution < 1.29 is 22.7 Å². The normalized spacial score (nSPS) is 19.0. The van der Waals surface area contributed by atoms with Gasteiger partial charge in [0.2, 0.25) is 0 Å². The molecule has 2 N–H and O–H groups in total. The van der Waals surface area contributed by atoms with Crippen molar-refractivity contribution in [3.63, 3.8) is 0 Å². The van der Waals surface area contributed by atoms with Gasteiger partial charge in [-0.25, -0.2) is 4.98 Å². The first-order chi connectivity index (χ1) is 15.2. The summed E-state index contributed by atoms with van der Waals surface area (Å²) < 4.78 is 41.5. The summed E-state index contributed by atoms with van der Waals surface area (Å²) in [5, 5.41) is 8.52. The van der Waals surface area contributed by atoms with Gasteiger partial charge >= 0.3 is 6.36 Å². The van der Waals surface area contributed by atoms with E-state index in [0.29, 0.717) is 12.2 Å². The van der Waals surface area contributed by atoms with E-state index >= 15 is 0 Å². The van der Waals surface area contributed by atoms with Crippen molar-refractivity contribution in [2.45, 2.75) is 50.9 Å². The number of aromatic nitrogens is 5. The van der Waals surface area contributed by atoms with Crippen LogP contribution in [0, 0.1) is 6.92 Å². The standard InChI is InChI=1S/C21H23F3N6O2/c1-12-17(26-11-25-12)19-27-18(28-29-19)13-5-3-7-15(9-13)30(2)20(31)14-6-4-8-16(10-14)32-21(22,23)24/h4,6,8,10-11,13,15H,3,5,7,9H2,1-2H3,(H,25,26)(H,27,28,29)/t13-,15+/m0/s1. The van der Waals surface area contributed by atoms with Crippen molar-refractivity contribution in [3.05, 3.63) is 47.7 Å². The fourth-order valence-electron chi connectivity index (χ4n) is 4.13. The highest BCUT2D eigenvalue weighted by Crippen LogP contribution is 2.34. The average molecular weight is 448 g/mol. The number of nitrogens with zero attached hydrogens (tertiary/aromatic N) is 4. The first-order valence-electron chi connectivity index (χ1n) is 10.3. The zero-order valence-corrected chi connectivity index (χ0v) is 17.6. The van der Waals surface area contributed by atoms with Crippen molar-refractivity contribution >= 4 is 5.91 Å². The predicted octanol–water partition coefficient (Wildman–Crippen LogP) is 4.20. The molecule has 3 aromatic rings. The lowest BCUT2D eigenvalue weighted by Gasteiger charge is -2.34. The second kappa shape index (κ2) is 8.64. The number of nitrogens with one attached hydrogen (secondary N) is 2. The average Bonchev–Trinajstić information content (AvgIpc) is 3.40. The molecule has 32 heavy (non-hydrogen) atoms. The minimum Gasteiger partial charge on any atom is -0.406 e. The molecule has 1 aromatic carbocycles. The monoisotopic (exact) mass is 448 g/mol. The summed E-state index contributed by atoms with van der Waals surface area (Å²) in [4.78, 5) is 25.0. The minimum atomic E-state index is -4.81. The van der Waals surface area contributed by atoms with E-state index in [1.54, 1.807) is 18.3 Å². The number of amides is 1. The van der Waals surface area contributed by atoms with Crippen molar-refractivity contribution in [1.82, 2.24) is 30.0 Å². The Labute approximate surface area is 182 Å². The van der Waals surface area contributed by atoms with Gasteiger partial charge in [0.25, 0.3) is 5.91 Å². The SMILES string of the molecule is Cc1nc[nH]c1-c1nnc([C@H]2CCC[C@@H](N(C)C(=O)c3cccc(OC(F)(F)F)c3)C2)[nH]1. The number of imidazole rings is 1. The van der Waals surface area contributed by atoms with Crippen LogP contribution >= 0.6 is 0 Å². The third-order valence-corrected chi connectivity index (χ3v) is 5.79. The van der Waals surface area contributed by atoms with Crippen LogP contribution in [0.15, 0.2) is 30.6 Å². The third kappa shape index (κ3) is 4.76. The van der Waals surface area contributed by atoms with Gasteiger partial charge in [0.1, 0.15) is 17.3 Å². The molecule has 0 spiro atoms. The topological polar surface area (TPSA) is 99.8 Å². The van der Waals surface area contributed by atoms with E-state index in [0.717, 1.165) is 42.5 Å². The summed E-state index contributed by atoms with van der Waals surface area (Å²) >= 11 is 0. The Morgan fingerprint density at radius 2 is 2.06 bits per heavy atom. The highest BCUT2D eigenvalue weighted by molar-refractivity contribution is 5.94. The van der Waals surface area contributed by atoms with Crippen LogP contribution in [0.1, 0.15) is 53.5 Å². The van der Waals surface area contributed by atoms with Gasteiger partial charge in [-0.3, -0.25) is 4.79 Å². The first-order valence-corrected chi connectivity index (χ1v) is 10.3. The molecule has 0 unspecified atom stereocenters. The summed E-state index contributed by atoms with van der Waals surface area (Å²) in [6, 6.07) is 5.07. The summed E-state index contributed by atoms with van der Waals surface area (Å²) in [6.07, 6.45) is 0.0661. The van der Waals surface area contributed by atoms with E-state index in [4.69, 9.17) is 0 Å². The molecule has 1 aliphatic rings. The third-order valence-electron chi connectivity index (χ3n) is 5.79. The molecule has 4 rings (SSSR count). The molecule has 0 aliphatic heterocycles. The van der Waals surface area contributed by atoms with Gasteiger partial charge in [-0.2, -0.15) is 0 Å². The lowest BCUT2D eigenvalue weighted by atomic mass is 9.84. The number of hydrogen-bond acceptors (Lipinski definition) is 5. The molecule has 1 fully saturated rings. The van der Waals surface area contributed by atoms with E-state index in [9.17, 15) is 18.0 Å². The van der Waals surface area contributed by atoms with E-state index in [-0.39, 0.29) is 23.4 Å². The molecule has 11 heteroatoms. The number of aryl methyl sites for hydroxylation is 1. The molecule has 170 valence electrons. The van der Waals surface area contributed by atoms with Crippen LogP contribution in [-0.4, -0.2) is 55.4 Å². The summed E-state index contributed by atoms with van der Waals surface area (Å²) in [6.45, 7) is 1.87. The summed E-state index contributed by atoms with van der Waals surface area (Å²) in [5.41, 5.74) is 1.74. The van der Waals surface area contributed by atoms with E-state index in [1.165, 1.54) is 18.2 Å². The smallest absolute Gasteiger partial charge is 0.406 e. The molecule has 2 atom stereocenters. The van der Waals surface area contributed by atoms with Gasteiger partial charge in [0, 0.05) is 24.6 Å². The van der Waals surface area contributed by atoms with Gasteiger partial charge < -0.3 is 19.6 Å². The van der Waals surface area contributed by atoms with Gasteiger partial charge in [-0.15, -0.1) is 23.4 Å². The Morgan fingerprint density at radius 3 is 2.78 bits per heavy atom. The number of halogens is 3. The van der Waals surface area contributed by atoms with Crippen molar-refractivity contribution in [2.75, 3.05) is 7.05 Å². The Bertz CT molecular complexity index is 1090. The fourth-order valence-corrected chi connectivity index (χ4v) is 4.13. The zero-order valence-electron chi connectivity index (χ0n) is 17.6. The number of alkyl halides is 3. The van der Waals surface area contributed by atoms with Gasteiger partial charge in [0.15, 0.2) is 5.82 Å². The lowest BCUT2D eigenvalue weighted by molar-refractivity contribution is -0.274. The zero-order chi connectivity index (χ0) is 22.9. The number of aromatic amines is 2. The number of benzene rings is 1. The number of rotatable bonds is 5. The quantitative estimate of drug-likeness (QED) is 0.609. The highest BCUT2D eigenvalue weighted by atomic mass is 19.4. The summed E-state index contributed by atoms with van der Waals surface area (Å²) in [7, 11) is 1.67. The number of carbonyl (C=O) groups is 1. The summed E-state index contributed by atoms with van der Waals surface area (Å²) in [5.74, 6) is 0.688. The van der Waals surface area contributed by atoms with Crippen LogP contribution in [0.3, 0.4) is 0 Å². The lowest BCUT2D eigenvalue weighted by Crippen LogP contribution is -2.40. The Balaban J connectivity index is 1.45. The molecule has 1 amide bonds. The predicted molar refractivity (Wildman–Crippen MR) is 109 cm³/mol. The molecule has 1 aliphatic carbocycles. The molecular formula is C21H23F3N6O2. The maximum atomic E-state index is 12.9. The van der Waals surface area contributed by atoms with Crippen LogP contribution in [-0.2, 0) is 0 Å². The Hall–Kier alpha value is -3.37. The van der Waals surface area contributed by atoms with Gasteiger partial charge in [0.05, 0.1) is 12.0 Å². The largest absolute Gasteiger partial charge is 0.573 e. The molecule has 2 aromatic heterocycles. The molecule has 0 radical (unpaired) electrons. The van der Waals surface area contributed by atoms with Gasteiger partial charge in [-0.05, 0) is 44.4 Å². The Kier molecular flexibility index (Phi) is 5.90. The number of ether oxygens (including phenoxy) is 1. The number of hydrogen-bond donors (Lipinski definition) is 2. The van der Waals surface area contributed by atoms with Crippen LogP contribution in [0.5, 0.6) is 5.75 Å². The maximum Gasteiger partial charge on any atom is 0.573 e. The van der Waals surface area contributed by atoms with Gasteiger partial charge in [-0.1, -0.05) is 12.5 Å². The van der Waals surface area contributed by atoms with Crippen LogP contribution in [0.25, 0.3) is 11.5 Å². The van der Waals surface area contributed by atoms with E-state index < -0.39 is 12.1 Å². The maximum absolute atomic E-state index is 12.9. The van der Waals surface area contributed by atoms with Crippen LogP contribution in [0.2, 0.25) is 0 Å². The molecular weight excluding hydrogens is 425 g/mol. The van der Waals surface area contributed by atoms with E-state index in [2.05, 4.69) is 29.9 Å². The molecule has 0 bridgehead atoms. The second-order valence-corrected chi connectivity index (χ2v) is 7.93. The molecule has 0 saturated heterocycles.